The van der Waals surface area contributed by atoms with Gasteiger partial charge >= 0.3 is 0 Å². The number of halogens is 2. The standard InChI is InChI=1S/C18H15Cl2N/c19-11-8-9-17-15(10-11)12-5-3-6-13(12)18(21-17)14-4-1-2-7-16(14)20/h1-5,7-10,12-13,18,21H,6H2/t12-,13-,18-/m1/s1. The maximum atomic E-state index is 6.42. The van der Waals surface area contributed by atoms with Crippen molar-refractivity contribution in [3.05, 3.63) is 75.8 Å². The van der Waals surface area contributed by atoms with Crippen molar-refractivity contribution in [1.82, 2.24) is 0 Å². The number of fused-ring (bicyclic) bond motifs is 3. The van der Waals surface area contributed by atoms with Gasteiger partial charge in [0.25, 0.3) is 0 Å². The molecule has 4 rings (SSSR count). The molecule has 2 aromatic carbocycles. The number of hydrogen-bond acceptors (Lipinski definition) is 1. The molecule has 21 heavy (non-hydrogen) atoms. The fraction of sp³-hybridized carbons (Fsp3) is 0.222. The van der Waals surface area contributed by atoms with Gasteiger partial charge in [0, 0.05) is 21.7 Å². The second-order valence-electron chi connectivity index (χ2n) is 5.73. The topological polar surface area (TPSA) is 12.0 Å². The quantitative estimate of drug-likeness (QED) is 0.654. The highest BCUT2D eigenvalue weighted by Crippen LogP contribution is 2.51. The zero-order valence-corrected chi connectivity index (χ0v) is 12.9. The van der Waals surface area contributed by atoms with Gasteiger partial charge in [0.1, 0.15) is 0 Å². The summed E-state index contributed by atoms with van der Waals surface area (Å²) in [5.41, 5.74) is 3.64. The summed E-state index contributed by atoms with van der Waals surface area (Å²) in [5, 5.41) is 5.30. The van der Waals surface area contributed by atoms with Gasteiger partial charge in [0.05, 0.1) is 6.04 Å². The summed E-state index contributed by atoms with van der Waals surface area (Å²) in [6.07, 6.45) is 5.65. The number of rotatable bonds is 1. The number of allylic oxidation sites excluding steroid dienone is 2. The third kappa shape index (κ3) is 2.16. The highest BCUT2D eigenvalue weighted by molar-refractivity contribution is 6.31. The minimum atomic E-state index is 0.243. The predicted octanol–water partition coefficient (Wildman–Crippen LogP) is 5.82. The average molecular weight is 316 g/mol. The number of anilines is 1. The van der Waals surface area contributed by atoms with E-state index in [1.807, 2.05) is 18.2 Å². The lowest BCUT2D eigenvalue weighted by atomic mass is 9.77. The van der Waals surface area contributed by atoms with Crippen LogP contribution in [0.4, 0.5) is 5.69 Å². The molecule has 0 radical (unpaired) electrons. The molecule has 106 valence electrons. The van der Waals surface area contributed by atoms with Gasteiger partial charge in [-0.2, -0.15) is 0 Å². The average Bonchev–Trinajstić information content (AvgIpc) is 2.97. The van der Waals surface area contributed by atoms with Crippen molar-refractivity contribution in [2.24, 2.45) is 5.92 Å². The van der Waals surface area contributed by atoms with E-state index >= 15 is 0 Å². The van der Waals surface area contributed by atoms with E-state index in [0.29, 0.717) is 11.8 Å². The van der Waals surface area contributed by atoms with Crippen molar-refractivity contribution in [1.29, 1.82) is 0 Å². The lowest BCUT2D eigenvalue weighted by Gasteiger charge is -2.38. The summed E-state index contributed by atoms with van der Waals surface area (Å²) in [4.78, 5) is 0. The summed E-state index contributed by atoms with van der Waals surface area (Å²) < 4.78 is 0. The lowest BCUT2D eigenvalue weighted by Crippen LogP contribution is -2.29. The van der Waals surface area contributed by atoms with E-state index in [-0.39, 0.29) is 6.04 Å². The summed E-state index contributed by atoms with van der Waals surface area (Å²) in [5.74, 6) is 0.914. The van der Waals surface area contributed by atoms with Crippen molar-refractivity contribution in [2.75, 3.05) is 5.32 Å². The molecule has 0 amide bonds. The molecule has 0 aromatic heterocycles. The van der Waals surface area contributed by atoms with Gasteiger partial charge in [-0.1, -0.05) is 53.6 Å². The normalized spacial score (nSPS) is 26.1. The Morgan fingerprint density at radius 1 is 1.00 bits per heavy atom. The summed E-state index contributed by atoms with van der Waals surface area (Å²) in [6, 6.07) is 14.5. The van der Waals surface area contributed by atoms with E-state index < -0.39 is 0 Å². The molecule has 1 aliphatic carbocycles. The Morgan fingerprint density at radius 3 is 2.71 bits per heavy atom. The molecule has 0 saturated heterocycles. The van der Waals surface area contributed by atoms with Gasteiger partial charge < -0.3 is 5.32 Å². The van der Waals surface area contributed by atoms with E-state index in [4.69, 9.17) is 23.2 Å². The zero-order valence-electron chi connectivity index (χ0n) is 11.4. The van der Waals surface area contributed by atoms with Crippen LogP contribution >= 0.6 is 23.2 Å². The fourth-order valence-corrected chi connectivity index (χ4v) is 4.03. The third-order valence-corrected chi connectivity index (χ3v) is 5.14. The van der Waals surface area contributed by atoms with E-state index in [1.54, 1.807) is 0 Å². The minimum Gasteiger partial charge on any atom is -0.378 e. The second-order valence-corrected chi connectivity index (χ2v) is 6.57. The first-order chi connectivity index (χ1) is 10.2. The Bertz CT molecular complexity index is 723. The fourth-order valence-electron chi connectivity index (χ4n) is 3.60. The molecule has 3 atom stereocenters. The Balaban J connectivity index is 1.82. The number of nitrogens with one attached hydrogen (secondary N) is 1. The Morgan fingerprint density at radius 2 is 1.86 bits per heavy atom. The van der Waals surface area contributed by atoms with E-state index in [0.717, 1.165) is 22.2 Å². The largest absolute Gasteiger partial charge is 0.378 e. The van der Waals surface area contributed by atoms with Crippen LogP contribution in [0.25, 0.3) is 0 Å². The summed E-state index contributed by atoms with van der Waals surface area (Å²) in [6.45, 7) is 0. The van der Waals surface area contributed by atoms with Crippen molar-refractivity contribution in [3.8, 4) is 0 Å². The highest BCUT2D eigenvalue weighted by Gasteiger charge is 2.38. The predicted molar refractivity (Wildman–Crippen MR) is 89.3 cm³/mol. The van der Waals surface area contributed by atoms with Crippen LogP contribution in [0.1, 0.15) is 29.5 Å². The van der Waals surface area contributed by atoms with E-state index in [2.05, 4.69) is 41.7 Å². The molecule has 1 N–H and O–H groups in total. The van der Waals surface area contributed by atoms with Crippen molar-refractivity contribution >= 4 is 28.9 Å². The first-order valence-electron chi connectivity index (χ1n) is 7.21. The summed E-state index contributed by atoms with van der Waals surface area (Å²) in [7, 11) is 0. The molecule has 0 fully saturated rings. The molecule has 1 nitrogen and oxygen atoms in total. The molecular weight excluding hydrogens is 301 g/mol. The minimum absolute atomic E-state index is 0.243. The molecule has 1 heterocycles. The van der Waals surface area contributed by atoms with Crippen LogP contribution < -0.4 is 5.32 Å². The van der Waals surface area contributed by atoms with Gasteiger partial charge in [-0.15, -0.1) is 0 Å². The molecule has 2 aliphatic rings. The maximum absolute atomic E-state index is 6.42. The van der Waals surface area contributed by atoms with Gasteiger partial charge in [-0.25, -0.2) is 0 Å². The smallest absolute Gasteiger partial charge is 0.0568 e. The SMILES string of the molecule is Clc1ccc2c(c1)[C@@H]1C=CC[C@H]1[C@H](c1ccccc1Cl)N2. The molecule has 1 aliphatic heterocycles. The lowest BCUT2D eigenvalue weighted by molar-refractivity contribution is 0.426. The molecule has 2 aromatic rings. The van der Waals surface area contributed by atoms with E-state index in [1.165, 1.54) is 11.1 Å². The molecule has 0 unspecified atom stereocenters. The van der Waals surface area contributed by atoms with Crippen molar-refractivity contribution in [2.45, 2.75) is 18.4 Å². The molecule has 0 saturated carbocycles. The zero-order chi connectivity index (χ0) is 14.4. The first-order valence-corrected chi connectivity index (χ1v) is 7.97. The van der Waals surface area contributed by atoms with Gasteiger partial charge in [-0.3, -0.25) is 0 Å². The van der Waals surface area contributed by atoms with Crippen LogP contribution in [0.3, 0.4) is 0 Å². The highest BCUT2D eigenvalue weighted by atomic mass is 35.5. The molecule has 3 heteroatoms. The monoisotopic (exact) mass is 315 g/mol. The molecule has 0 bridgehead atoms. The Hall–Kier alpha value is -1.44. The van der Waals surface area contributed by atoms with Crippen LogP contribution in [0, 0.1) is 5.92 Å². The third-order valence-electron chi connectivity index (χ3n) is 4.57. The van der Waals surface area contributed by atoms with Crippen LogP contribution in [0.15, 0.2) is 54.6 Å². The maximum Gasteiger partial charge on any atom is 0.0568 e. The van der Waals surface area contributed by atoms with Gasteiger partial charge in [0.15, 0.2) is 0 Å². The number of benzene rings is 2. The molecular formula is C18H15Cl2N. The Labute approximate surface area is 134 Å². The first kappa shape index (κ1) is 13.2. The van der Waals surface area contributed by atoms with E-state index in [9.17, 15) is 0 Å². The Kier molecular flexibility index (Phi) is 3.20. The van der Waals surface area contributed by atoms with Crippen LogP contribution in [0.5, 0.6) is 0 Å². The van der Waals surface area contributed by atoms with Crippen molar-refractivity contribution < 1.29 is 0 Å². The van der Waals surface area contributed by atoms with Crippen LogP contribution in [0.2, 0.25) is 10.0 Å². The summed E-state index contributed by atoms with van der Waals surface area (Å²) >= 11 is 12.6. The van der Waals surface area contributed by atoms with Gasteiger partial charge in [-0.05, 0) is 47.7 Å². The number of hydrogen-bond donors (Lipinski definition) is 1. The molecule has 0 spiro atoms. The van der Waals surface area contributed by atoms with Gasteiger partial charge in [0.2, 0.25) is 0 Å². The second kappa shape index (κ2) is 5.08. The van der Waals surface area contributed by atoms with Crippen LogP contribution in [-0.2, 0) is 0 Å². The van der Waals surface area contributed by atoms with Crippen molar-refractivity contribution in [3.63, 3.8) is 0 Å². The van der Waals surface area contributed by atoms with Crippen LogP contribution in [-0.4, -0.2) is 0 Å².